The van der Waals surface area contributed by atoms with Crippen molar-refractivity contribution in [2.24, 2.45) is 0 Å². The van der Waals surface area contributed by atoms with Gasteiger partial charge in [0.1, 0.15) is 18.1 Å². The van der Waals surface area contributed by atoms with E-state index in [2.05, 4.69) is 17.2 Å². The number of rotatable bonds is 10. The highest BCUT2D eigenvalue weighted by molar-refractivity contribution is 5.76. The van der Waals surface area contributed by atoms with Crippen molar-refractivity contribution >= 4 is 5.91 Å². The second-order valence-electron chi connectivity index (χ2n) is 4.12. The fourth-order valence-corrected chi connectivity index (χ4v) is 1.51. The third-order valence-corrected chi connectivity index (χ3v) is 2.58. The van der Waals surface area contributed by atoms with Gasteiger partial charge in [0.05, 0.1) is 7.11 Å². The number of carbonyl (C=O) groups is 1. The van der Waals surface area contributed by atoms with Crippen molar-refractivity contribution in [1.29, 1.82) is 0 Å². The van der Waals surface area contributed by atoms with Gasteiger partial charge >= 0.3 is 0 Å². The number of methoxy groups -OCH3 is 1. The van der Waals surface area contributed by atoms with Gasteiger partial charge in [0, 0.05) is 26.1 Å². The van der Waals surface area contributed by atoms with Crippen LogP contribution < -0.4 is 20.1 Å². The lowest BCUT2D eigenvalue weighted by Crippen LogP contribution is -2.29. The summed E-state index contributed by atoms with van der Waals surface area (Å²) < 4.78 is 10.6. The predicted molar refractivity (Wildman–Crippen MR) is 79.2 cm³/mol. The second-order valence-corrected chi connectivity index (χ2v) is 4.12. The number of hydrogen-bond donors (Lipinski definition) is 2. The summed E-state index contributed by atoms with van der Waals surface area (Å²) in [6, 6.07) is 7.43. The Hall–Kier alpha value is -2.01. The molecule has 0 aliphatic rings. The first-order valence-corrected chi connectivity index (χ1v) is 6.61. The Morgan fingerprint density at radius 1 is 1.25 bits per heavy atom. The largest absolute Gasteiger partial charge is 0.497 e. The summed E-state index contributed by atoms with van der Waals surface area (Å²) >= 11 is 0. The summed E-state index contributed by atoms with van der Waals surface area (Å²) in [4.78, 5) is 11.3. The molecule has 0 fully saturated rings. The van der Waals surface area contributed by atoms with Gasteiger partial charge in [-0.1, -0.05) is 6.08 Å². The zero-order chi connectivity index (χ0) is 14.6. The summed E-state index contributed by atoms with van der Waals surface area (Å²) in [5, 5.41) is 5.87. The van der Waals surface area contributed by atoms with Gasteiger partial charge in [-0.3, -0.25) is 4.79 Å². The molecular formula is C15H22N2O3. The Labute approximate surface area is 120 Å². The average molecular weight is 278 g/mol. The zero-order valence-electron chi connectivity index (χ0n) is 11.9. The van der Waals surface area contributed by atoms with E-state index in [1.807, 2.05) is 24.3 Å². The minimum Gasteiger partial charge on any atom is -0.497 e. The molecule has 5 nitrogen and oxygen atoms in total. The van der Waals surface area contributed by atoms with Crippen LogP contribution in [0.5, 0.6) is 11.5 Å². The van der Waals surface area contributed by atoms with Crippen molar-refractivity contribution in [3.8, 4) is 11.5 Å². The first kappa shape index (κ1) is 16.0. The molecule has 0 aliphatic carbocycles. The lowest BCUT2D eigenvalue weighted by Gasteiger charge is -2.08. The molecule has 20 heavy (non-hydrogen) atoms. The standard InChI is InChI=1S/C15H22N2O3/c1-3-9-17-15(18)8-10-16-11-12-20-14-6-4-13(19-2)5-7-14/h3-7,16H,1,8-12H2,2H3,(H,17,18). The molecule has 0 aliphatic heterocycles. The van der Waals surface area contributed by atoms with Gasteiger partial charge in [-0.05, 0) is 24.3 Å². The number of nitrogens with one attached hydrogen (secondary N) is 2. The first-order valence-electron chi connectivity index (χ1n) is 6.61. The monoisotopic (exact) mass is 278 g/mol. The highest BCUT2D eigenvalue weighted by atomic mass is 16.5. The summed E-state index contributed by atoms with van der Waals surface area (Å²) in [5.74, 6) is 1.63. The molecule has 2 N–H and O–H groups in total. The number of ether oxygens (including phenoxy) is 2. The van der Waals surface area contributed by atoms with Crippen LogP contribution >= 0.6 is 0 Å². The summed E-state index contributed by atoms with van der Waals surface area (Å²) in [6.07, 6.45) is 2.12. The number of carbonyl (C=O) groups excluding carboxylic acids is 1. The fourth-order valence-electron chi connectivity index (χ4n) is 1.51. The molecule has 0 spiro atoms. The number of amides is 1. The molecule has 0 heterocycles. The average Bonchev–Trinajstić information content (AvgIpc) is 2.49. The van der Waals surface area contributed by atoms with Crippen LogP contribution in [0.4, 0.5) is 0 Å². The molecule has 0 radical (unpaired) electrons. The van der Waals surface area contributed by atoms with Crippen LogP contribution in [0, 0.1) is 0 Å². The van der Waals surface area contributed by atoms with E-state index in [0.717, 1.165) is 11.5 Å². The number of hydrogen-bond acceptors (Lipinski definition) is 4. The van der Waals surface area contributed by atoms with Crippen molar-refractivity contribution in [2.75, 3.05) is 33.4 Å². The first-order chi connectivity index (χ1) is 9.76. The van der Waals surface area contributed by atoms with Crippen LogP contribution in [0.15, 0.2) is 36.9 Å². The molecule has 0 saturated heterocycles. The minimum atomic E-state index is 0.0217. The molecule has 0 bridgehead atoms. The SMILES string of the molecule is C=CCNC(=O)CCNCCOc1ccc(OC)cc1. The van der Waals surface area contributed by atoms with Crippen molar-refractivity contribution < 1.29 is 14.3 Å². The lowest BCUT2D eigenvalue weighted by atomic mass is 10.3. The molecular weight excluding hydrogens is 256 g/mol. The van der Waals surface area contributed by atoms with E-state index >= 15 is 0 Å². The molecule has 1 rings (SSSR count). The van der Waals surface area contributed by atoms with Crippen molar-refractivity contribution in [3.05, 3.63) is 36.9 Å². The molecule has 110 valence electrons. The van der Waals surface area contributed by atoms with Gasteiger partial charge in [0.15, 0.2) is 0 Å². The third kappa shape index (κ3) is 6.80. The van der Waals surface area contributed by atoms with E-state index in [1.54, 1.807) is 13.2 Å². The van der Waals surface area contributed by atoms with Crippen molar-refractivity contribution in [2.45, 2.75) is 6.42 Å². The molecule has 5 heteroatoms. The Kier molecular flexibility index (Phi) is 7.91. The highest BCUT2D eigenvalue weighted by Crippen LogP contribution is 2.16. The van der Waals surface area contributed by atoms with Gasteiger partial charge in [-0.2, -0.15) is 0 Å². The summed E-state index contributed by atoms with van der Waals surface area (Å²) in [6.45, 7) is 5.94. The molecule has 1 aromatic rings. The normalized spacial score (nSPS) is 9.85. The topological polar surface area (TPSA) is 59.6 Å². The Bertz CT molecular complexity index is 404. The van der Waals surface area contributed by atoms with Crippen molar-refractivity contribution in [3.63, 3.8) is 0 Å². The van der Waals surface area contributed by atoms with Crippen LogP contribution in [0.2, 0.25) is 0 Å². The van der Waals surface area contributed by atoms with E-state index in [4.69, 9.17) is 9.47 Å². The van der Waals surface area contributed by atoms with Gasteiger partial charge < -0.3 is 20.1 Å². The predicted octanol–water partition coefficient (Wildman–Crippen LogP) is 1.36. The second kappa shape index (κ2) is 9.86. The maximum absolute atomic E-state index is 11.3. The Morgan fingerprint density at radius 2 is 1.95 bits per heavy atom. The van der Waals surface area contributed by atoms with Gasteiger partial charge in [0.2, 0.25) is 5.91 Å². The van der Waals surface area contributed by atoms with Crippen LogP contribution in [0.25, 0.3) is 0 Å². The van der Waals surface area contributed by atoms with Gasteiger partial charge in [-0.15, -0.1) is 6.58 Å². The van der Waals surface area contributed by atoms with E-state index < -0.39 is 0 Å². The fraction of sp³-hybridized carbons (Fsp3) is 0.400. The van der Waals surface area contributed by atoms with Crippen LogP contribution in [0.1, 0.15) is 6.42 Å². The zero-order valence-corrected chi connectivity index (χ0v) is 11.9. The number of benzene rings is 1. The molecule has 0 unspecified atom stereocenters. The summed E-state index contributed by atoms with van der Waals surface area (Å²) in [5.41, 5.74) is 0. The molecule has 0 aromatic heterocycles. The Morgan fingerprint density at radius 3 is 2.60 bits per heavy atom. The summed E-state index contributed by atoms with van der Waals surface area (Å²) in [7, 11) is 1.63. The van der Waals surface area contributed by atoms with E-state index in [-0.39, 0.29) is 5.91 Å². The van der Waals surface area contributed by atoms with E-state index in [0.29, 0.717) is 32.7 Å². The third-order valence-electron chi connectivity index (χ3n) is 2.58. The van der Waals surface area contributed by atoms with Crippen LogP contribution in [-0.4, -0.2) is 39.3 Å². The maximum Gasteiger partial charge on any atom is 0.221 e. The molecule has 1 amide bonds. The minimum absolute atomic E-state index is 0.0217. The molecule has 1 aromatic carbocycles. The maximum atomic E-state index is 11.3. The van der Waals surface area contributed by atoms with Gasteiger partial charge in [0.25, 0.3) is 0 Å². The van der Waals surface area contributed by atoms with Crippen LogP contribution in [-0.2, 0) is 4.79 Å². The lowest BCUT2D eigenvalue weighted by molar-refractivity contribution is -0.120. The highest BCUT2D eigenvalue weighted by Gasteiger charge is 1.99. The molecule has 0 saturated carbocycles. The van der Waals surface area contributed by atoms with Crippen LogP contribution in [0.3, 0.4) is 0 Å². The quantitative estimate of drug-likeness (QED) is 0.501. The molecule has 0 atom stereocenters. The smallest absolute Gasteiger partial charge is 0.221 e. The van der Waals surface area contributed by atoms with Crippen molar-refractivity contribution in [1.82, 2.24) is 10.6 Å². The van der Waals surface area contributed by atoms with Gasteiger partial charge in [-0.25, -0.2) is 0 Å². The van der Waals surface area contributed by atoms with E-state index in [1.165, 1.54) is 0 Å². The van der Waals surface area contributed by atoms with E-state index in [9.17, 15) is 4.79 Å². The Balaban J connectivity index is 2.04.